The van der Waals surface area contributed by atoms with Crippen LogP contribution in [0.1, 0.15) is 46.0 Å². The van der Waals surface area contributed by atoms with Crippen LogP contribution in [0.3, 0.4) is 0 Å². The zero-order chi connectivity index (χ0) is 17.1. The minimum absolute atomic E-state index is 0.0425. The van der Waals surface area contributed by atoms with Crippen LogP contribution in [-0.4, -0.2) is 22.4 Å². The second-order valence-corrected chi connectivity index (χ2v) is 8.49. The molecule has 0 aromatic carbocycles. The fourth-order valence-corrected chi connectivity index (χ4v) is 6.11. The Kier molecular flexibility index (Phi) is 3.47. The molecule has 1 fully saturated rings. The number of carboxylic acid groups (broad SMARTS) is 1. The molecule has 4 heteroatoms. The SMILES string of the molecule is C[C@]12C=C[C@H](O)CC1=CCC1C2CC[C@]2(C)C(NC(=O)O)=CCC12. The molecular formula is C20H27NO3. The van der Waals surface area contributed by atoms with E-state index in [1.165, 1.54) is 5.57 Å². The average Bonchev–Trinajstić information content (AvgIpc) is 2.84. The highest BCUT2D eigenvalue weighted by molar-refractivity contribution is 5.67. The summed E-state index contributed by atoms with van der Waals surface area (Å²) in [6.45, 7) is 4.57. The van der Waals surface area contributed by atoms with Gasteiger partial charge in [-0.15, -0.1) is 0 Å². The van der Waals surface area contributed by atoms with Gasteiger partial charge in [0.05, 0.1) is 6.10 Å². The van der Waals surface area contributed by atoms with Gasteiger partial charge in [0.1, 0.15) is 0 Å². The quantitative estimate of drug-likeness (QED) is 0.640. The molecule has 0 spiro atoms. The van der Waals surface area contributed by atoms with Crippen molar-refractivity contribution in [3.63, 3.8) is 0 Å². The molecule has 4 aliphatic rings. The summed E-state index contributed by atoms with van der Waals surface area (Å²) >= 11 is 0. The van der Waals surface area contributed by atoms with Crippen molar-refractivity contribution >= 4 is 6.09 Å². The molecule has 0 aromatic rings. The molecular weight excluding hydrogens is 302 g/mol. The average molecular weight is 329 g/mol. The van der Waals surface area contributed by atoms with E-state index in [4.69, 9.17) is 5.11 Å². The van der Waals surface area contributed by atoms with Gasteiger partial charge in [0.15, 0.2) is 0 Å². The number of hydrogen-bond acceptors (Lipinski definition) is 2. The van der Waals surface area contributed by atoms with Gasteiger partial charge in [0.25, 0.3) is 0 Å². The summed E-state index contributed by atoms with van der Waals surface area (Å²) in [7, 11) is 0. The molecule has 4 rings (SSSR count). The topological polar surface area (TPSA) is 69.6 Å². The van der Waals surface area contributed by atoms with Crippen molar-refractivity contribution in [3.8, 4) is 0 Å². The van der Waals surface area contributed by atoms with Gasteiger partial charge in [-0.1, -0.05) is 43.7 Å². The second-order valence-electron chi connectivity index (χ2n) is 8.49. The molecule has 3 N–H and O–H groups in total. The van der Waals surface area contributed by atoms with E-state index in [-0.39, 0.29) is 16.9 Å². The Morgan fingerprint density at radius 1 is 1.25 bits per heavy atom. The van der Waals surface area contributed by atoms with E-state index in [9.17, 15) is 9.90 Å². The zero-order valence-corrected chi connectivity index (χ0v) is 14.5. The van der Waals surface area contributed by atoms with Crippen molar-refractivity contribution in [3.05, 3.63) is 35.6 Å². The smallest absolute Gasteiger partial charge is 0.408 e. The van der Waals surface area contributed by atoms with Crippen molar-refractivity contribution in [1.82, 2.24) is 5.32 Å². The third-order valence-corrected chi connectivity index (χ3v) is 7.45. The third kappa shape index (κ3) is 2.12. The molecule has 4 aliphatic carbocycles. The van der Waals surface area contributed by atoms with Crippen molar-refractivity contribution < 1.29 is 15.0 Å². The maximum atomic E-state index is 11.1. The van der Waals surface area contributed by atoms with E-state index in [2.05, 4.69) is 37.4 Å². The van der Waals surface area contributed by atoms with Gasteiger partial charge in [0.2, 0.25) is 0 Å². The summed E-state index contributed by atoms with van der Waals surface area (Å²) in [5.41, 5.74) is 2.33. The lowest BCUT2D eigenvalue weighted by Gasteiger charge is -2.56. The standard InChI is InChI=1S/C20H27NO3/c1-19-9-7-13(22)11-12(19)3-4-14-15-5-6-17(21-18(23)24)20(15,2)10-8-16(14)19/h3,6-7,9,13-16,21-22H,4-5,8,10-11H2,1-2H3,(H,23,24)/t13-,14?,15?,16?,19-,20-/m0/s1. The lowest BCUT2D eigenvalue weighted by atomic mass is 9.49. The van der Waals surface area contributed by atoms with Crippen molar-refractivity contribution in [1.29, 1.82) is 0 Å². The Balaban J connectivity index is 1.65. The first-order valence-corrected chi connectivity index (χ1v) is 9.12. The van der Waals surface area contributed by atoms with E-state index in [0.717, 1.165) is 37.8 Å². The highest BCUT2D eigenvalue weighted by Gasteiger charge is 2.56. The fourth-order valence-electron chi connectivity index (χ4n) is 6.11. The van der Waals surface area contributed by atoms with Crippen LogP contribution in [0.4, 0.5) is 4.79 Å². The number of amides is 1. The first-order chi connectivity index (χ1) is 11.3. The molecule has 6 atom stereocenters. The molecule has 1 amide bonds. The summed E-state index contributed by atoms with van der Waals surface area (Å²) in [5.74, 6) is 1.69. The monoisotopic (exact) mass is 329 g/mol. The fraction of sp³-hybridized carbons (Fsp3) is 0.650. The number of fused-ring (bicyclic) bond motifs is 5. The number of aliphatic hydroxyl groups is 1. The predicted molar refractivity (Wildman–Crippen MR) is 92.2 cm³/mol. The Bertz CT molecular complexity index is 664. The molecule has 0 radical (unpaired) electrons. The van der Waals surface area contributed by atoms with Crippen LogP contribution >= 0.6 is 0 Å². The Morgan fingerprint density at radius 3 is 2.79 bits per heavy atom. The summed E-state index contributed by atoms with van der Waals surface area (Å²) in [4.78, 5) is 11.1. The van der Waals surface area contributed by atoms with E-state index in [1.807, 2.05) is 6.08 Å². The number of carbonyl (C=O) groups is 1. The van der Waals surface area contributed by atoms with E-state index < -0.39 is 6.09 Å². The molecule has 0 aromatic heterocycles. The van der Waals surface area contributed by atoms with Crippen molar-refractivity contribution in [2.45, 2.75) is 52.1 Å². The van der Waals surface area contributed by atoms with Crippen LogP contribution < -0.4 is 5.32 Å². The van der Waals surface area contributed by atoms with E-state index in [0.29, 0.717) is 17.8 Å². The number of aliphatic hydroxyl groups excluding tert-OH is 1. The molecule has 0 heterocycles. The van der Waals surface area contributed by atoms with Gasteiger partial charge in [-0.2, -0.15) is 0 Å². The molecule has 130 valence electrons. The first kappa shape index (κ1) is 15.9. The Hall–Kier alpha value is -1.55. The highest BCUT2D eigenvalue weighted by Crippen LogP contribution is 2.63. The van der Waals surface area contributed by atoms with Gasteiger partial charge in [-0.25, -0.2) is 4.79 Å². The zero-order valence-electron chi connectivity index (χ0n) is 14.5. The number of allylic oxidation sites excluding steroid dienone is 4. The van der Waals surface area contributed by atoms with Crippen LogP contribution in [0.2, 0.25) is 0 Å². The molecule has 1 saturated carbocycles. The molecule has 0 aliphatic heterocycles. The van der Waals surface area contributed by atoms with Crippen LogP contribution in [0.15, 0.2) is 35.6 Å². The van der Waals surface area contributed by atoms with Gasteiger partial charge in [-0.05, 0) is 49.9 Å². The summed E-state index contributed by atoms with van der Waals surface area (Å²) < 4.78 is 0. The minimum atomic E-state index is -0.952. The largest absolute Gasteiger partial charge is 0.465 e. The Morgan fingerprint density at radius 2 is 2.04 bits per heavy atom. The molecule has 0 saturated heterocycles. The normalized spacial score (nSPS) is 46.3. The van der Waals surface area contributed by atoms with Crippen molar-refractivity contribution in [2.75, 3.05) is 0 Å². The summed E-state index contributed by atoms with van der Waals surface area (Å²) in [5, 5.41) is 21.8. The van der Waals surface area contributed by atoms with Crippen LogP contribution in [0.5, 0.6) is 0 Å². The van der Waals surface area contributed by atoms with Gasteiger partial charge >= 0.3 is 6.09 Å². The van der Waals surface area contributed by atoms with E-state index in [1.54, 1.807) is 0 Å². The van der Waals surface area contributed by atoms with E-state index >= 15 is 0 Å². The highest BCUT2D eigenvalue weighted by atomic mass is 16.4. The maximum absolute atomic E-state index is 11.1. The Labute approximate surface area is 143 Å². The molecule has 24 heavy (non-hydrogen) atoms. The predicted octanol–water partition coefficient (Wildman–Crippen LogP) is 3.85. The number of rotatable bonds is 1. The lowest BCUT2D eigenvalue weighted by molar-refractivity contribution is 0.00225. The van der Waals surface area contributed by atoms with Crippen LogP contribution in [0.25, 0.3) is 0 Å². The van der Waals surface area contributed by atoms with Gasteiger partial charge < -0.3 is 10.2 Å². The van der Waals surface area contributed by atoms with Crippen LogP contribution in [0, 0.1) is 28.6 Å². The first-order valence-electron chi connectivity index (χ1n) is 9.12. The van der Waals surface area contributed by atoms with Gasteiger partial charge in [0, 0.05) is 16.5 Å². The second kappa shape index (κ2) is 5.22. The summed E-state index contributed by atoms with van der Waals surface area (Å²) in [6.07, 6.45) is 12.3. The minimum Gasteiger partial charge on any atom is -0.465 e. The summed E-state index contributed by atoms with van der Waals surface area (Å²) in [6, 6.07) is 0. The van der Waals surface area contributed by atoms with Gasteiger partial charge in [-0.3, -0.25) is 5.32 Å². The maximum Gasteiger partial charge on any atom is 0.408 e. The molecule has 4 nitrogen and oxygen atoms in total. The van der Waals surface area contributed by atoms with Crippen LogP contribution in [-0.2, 0) is 0 Å². The third-order valence-electron chi connectivity index (χ3n) is 7.45. The lowest BCUT2D eigenvalue weighted by Crippen LogP contribution is -2.50. The number of nitrogens with one attached hydrogen (secondary N) is 1. The van der Waals surface area contributed by atoms with Crippen molar-refractivity contribution in [2.24, 2.45) is 28.6 Å². The molecule has 3 unspecified atom stereocenters. The molecule has 0 bridgehead atoms. The number of hydrogen-bond donors (Lipinski definition) is 3.